The van der Waals surface area contributed by atoms with Gasteiger partial charge in [0.25, 0.3) is 5.69 Å². The van der Waals surface area contributed by atoms with Crippen molar-refractivity contribution in [2.75, 3.05) is 25.1 Å². The van der Waals surface area contributed by atoms with Gasteiger partial charge in [0.1, 0.15) is 11.9 Å². The van der Waals surface area contributed by atoms with Gasteiger partial charge in [-0.3, -0.25) is 10.1 Å². The Labute approximate surface area is 117 Å². The van der Waals surface area contributed by atoms with Crippen molar-refractivity contribution >= 4 is 11.5 Å². The first-order chi connectivity index (χ1) is 9.69. The molecule has 0 unspecified atom stereocenters. The van der Waals surface area contributed by atoms with E-state index < -0.39 is 4.92 Å². The van der Waals surface area contributed by atoms with Crippen LogP contribution in [0, 0.1) is 10.1 Å². The maximum absolute atomic E-state index is 10.9. The minimum absolute atomic E-state index is 0.0114. The van der Waals surface area contributed by atoms with Crippen LogP contribution >= 0.6 is 0 Å². The lowest BCUT2D eigenvalue weighted by Gasteiger charge is -2.22. The lowest BCUT2D eigenvalue weighted by atomic mass is 10.1. The van der Waals surface area contributed by atoms with Crippen LogP contribution < -0.4 is 10.1 Å². The molecule has 0 bridgehead atoms. The second-order valence-corrected chi connectivity index (χ2v) is 4.66. The molecule has 1 aliphatic rings. The summed E-state index contributed by atoms with van der Waals surface area (Å²) >= 11 is 0. The van der Waals surface area contributed by atoms with Gasteiger partial charge in [0, 0.05) is 19.4 Å². The number of nitro groups is 1. The van der Waals surface area contributed by atoms with Crippen molar-refractivity contribution in [2.45, 2.75) is 32.3 Å². The van der Waals surface area contributed by atoms with Gasteiger partial charge in [-0.15, -0.1) is 0 Å². The molecule has 0 radical (unpaired) electrons. The molecule has 0 atom stereocenters. The predicted molar refractivity (Wildman–Crippen MR) is 74.1 cm³/mol. The summed E-state index contributed by atoms with van der Waals surface area (Å²) < 4.78 is 11.0. The van der Waals surface area contributed by atoms with Crippen LogP contribution in [0.15, 0.2) is 12.1 Å². The highest BCUT2D eigenvalue weighted by atomic mass is 16.6. The van der Waals surface area contributed by atoms with E-state index in [2.05, 4.69) is 10.3 Å². The van der Waals surface area contributed by atoms with Gasteiger partial charge in [-0.05, 0) is 6.42 Å². The van der Waals surface area contributed by atoms with Crippen LogP contribution in [-0.2, 0) is 4.74 Å². The molecule has 1 aromatic rings. The van der Waals surface area contributed by atoms with Gasteiger partial charge in [-0.2, -0.15) is 4.98 Å². The van der Waals surface area contributed by atoms with Gasteiger partial charge in [0.15, 0.2) is 0 Å². The van der Waals surface area contributed by atoms with Crippen molar-refractivity contribution in [3.05, 3.63) is 22.2 Å². The Morgan fingerprint density at radius 3 is 2.90 bits per heavy atom. The topological polar surface area (TPSA) is 86.5 Å². The minimum atomic E-state index is -0.435. The summed E-state index contributed by atoms with van der Waals surface area (Å²) in [4.78, 5) is 14.8. The lowest BCUT2D eigenvalue weighted by molar-refractivity contribution is -0.384. The highest BCUT2D eigenvalue weighted by molar-refractivity contribution is 5.48. The third-order valence-electron chi connectivity index (χ3n) is 3.01. The molecular formula is C13H19N3O4. The monoisotopic (exact) mass is 281 g/mol. The van der Waals surface area contributed by atoms with Crippen LogP contribution in [0.2, 0.25) is 0 Å². The standard InChI is InChI=1S/C13H19N3O4/c1-2-5-14-12-8-10(16(17)18)9-13(15-12)20-11-3-6-19-7-4-11/h8-9,11H,2-7H2,1H3,(H,14,15). The highest BCUT2D eigenvalue weighted by Gasteiger charge is 2.18. The summed E-state index contributed by atoms with van der Waals surface area (Å²) in [6.07, 6.45) is 2.49. The zero-order valence-electron chi connectivity index (χ0n) is 11.5. The summed E-state index contributed by atoms with van der Waals surface area (Å²) in [5.74, 6) is 0.771. The van der Waals surface area contributed by atoms with Crippen molar-refractivity contribution in [3.63, 3.8) is 0 Å². The molecule has 7 heteroatoms. The van der Waals surface area contributed by atoms with Crippen LogP contribution in [0.4, 0.5) is 11.5 Å². The fourth-order valence-corrected chi connectivity index (χ4v) is 1.97. The molecule has 0 saturated carbocycles. The number of hydrogen-bond acceptors (Lipinski definition) is 6. The van der Waals surface area contributed by atoms with E-state index in [0.29, 0.717) is 31.5 Å². The van der Waals surface area contributed by atoms with Gasteiger partial charge in [0.05, 0.1) is 30.3 Å². The molecule has 2 rings (SSSR count). The Balaban J connectivity index is 2.12. The van der Waals surface area contributed by atoms with Gasteiger partial charge >= 0.3 is 0 Å². The molecule has 1 N–H and O–H groups in total. The molecule has 0 spiro atoms. The third-order valence-corrected chi connectivity index (χ3v) is 3.01. The predicted octanol–water partition coefficient (Wildman–Crippen LogP) is 2.37. The van der Waals surface area contributed by atoms with Gasteiger partial charge in [-0.1, -0.05) is 6.92 Å². The molecule has 0 aliphatic carbocycles. The first kappa shape index (κ1) is 14.5. The van der Waals surface area contributed by atoms with Gasteiger partial charge in [0.2, 0.25) is 5.88 Å². The summed E-state index contributed by atoms with van der Waals surface area (Å²) in [7, 11) is 0. The van der Waals surface area contributed by atoms with Crippen molar-refractivity contribution in [1.29, 1.82) is 0 Å². The Hall–Kier alpha value is -1.89. The van der Waals surface area contributed by atoms with Crippen LogP contribution in [0.5, 0.6) is 5.88 Å². The van der Waals surface area contributed by atoms with E-state index in [1.807, 2.05) is 6.92 Å². The maximum Gasteiger partial charge on any atom is 0.278 e. The van der Waals surface area contributed by atoms with Crippen LogP contribution in [-0.4, -0.2) is 35.8 Å². The lowest BCUT2D eigenvalue weighted by Crippen LogP contribution is -2.26. The second-order valence-electron chi connectivity index (χ2n) is 4.66. The van der Waals surface area contributed by atoms with E-state index in [1.165, 1.54) is 12.1 Å². The molecule has 7 nitrogen and oxygen atoms in total. The fraction of sp³-hybridized carbons (Fsp3) is 0.615. The number of ether oxygens (including phenoxy) is 2. The summed E-state index contributed by atoms with van der Waals surface area (Å²) in [5.41, 5.74) is -0.0133. The summed E-state index contributed by atoms with van der Waals surface area (Å²) in [5, 5.41) is 14.0. The van der Waals surface area contributed by atoms with E-state index in [9.17, 15) is 10.1 Å². The Morgan fingerprint density at radius 2 is 2.25 bits per heavy atom. The first-order valence-corrected chi connectivity index (χ1v) is 6.84. The normalized spacial score (nSPS) is 15.8. The van der Waals surface area contributed by atoms with Gasteiger partial charge < -0.3 is 14.8 Å². The molecule has 1 aliphatic heterocycles. The van der Waals surface area contributed by atoms with E-state index in [1.54, 1.807) is 0 Å². The average molecular weight is 281 g/mol. The summed E-state index contributed by atoms with van der Waals surface area (Å²) in [6.45, 7) is 4.04. The van der Waals surface area contributed by atoms with Crippen molar-refractivity contribution in [2.24, 2.45) is 0 Å². The number of anilines is 1. The maximum atomic E-state index is 10.9. The van der Waals surface area contributed by atoms with E-state index in [-0.39, 0.29) is 11.8 Å². The van der Waals surface area contributed by atoms with E-state index in [4.69, 9.17) is 9.47 Å². The SMILES string of the molecule is CCCNc1cc([N+](=O)[O-])cc(OC2CCOCC2)n1. The van der Waals surface area contributed by atoms with Crippen molar-refractivity contribution in [3.8, 4) is 5.88 Å². The molecule has 1 saturated heterocycles. The zero-order valence-corrected chi connectivity index (χ0v) is 11.5. The van der Waals surface area contributed by atoms with Crippen molar-refractivity contribution in [1.82, 2.24) is 4.98 Å². The van der Waals surface area contributed by atoms with Crippen LogP contribution in [0.1, 0.15) is 26.2 Å². The molecule has 2 heterocycles. The van der Waals surface area contributed by atoms with Crippen molar-refractivity contribution < 1.29 is 14.4 Å². The molecule has 110 valence electrons. The van der Waals surface area contributed by atoms with Crippen LogP contribution in [0.3, 0.4) is 0 Å². The van der Waals surface area contributed by atoms with E-state index >= 15 is 0 Å². The first-order valence-electron chi connectivity index (χ1n) is 6.84. The number of hydrogen-bond donors (Lipinski definition) is 1. The highest BCUT2D eigenvalue weighted by Crippen LogP contribution is 2.24. The molecular weight excluding hydrogens is 262 g/mol. The van der Waals surface area contributed by atoms with E-state index in [0.717, 1.165) is 19.3 Å². The average Bonchev–Trinajstić information content (AvgIpc) is 2.46. The molecule has 1 aromatic heterocycles. The number of rotatable bonds is 6. The molecule has 0 amide bonds. The van der Waals surface area contributed by atoms with Gasteiger partial charge in [-0.25, -0.2) is 0 Å². The summed E-state index contributed by atoms with van der Waals surface area (Å²) in [6, 6.07) is 2.79. The Bertz CT molecular complexity index is 461. The molecule has 1 fully saturated rings. The van der Waals surface area contributed by atoms with Crippen LogP contribution in [0.25, 0.3) is 0 Å². The number of aromatic nitrogens is 1. The minimum Gasteiger partial charge on any atom is -0.474 e. The largest absolute Gasteiger partial charge is 0.474 e. The Kier molecular flexibility index (Phi) is 5.11. The number of pyridine rings is 1. The number of nitrogens with zero attached hydrogens (tertiary/aromatic N) is 2. The molecule has 0 aromatic carbocycles. The third kappa shape index (κ3) is 4.06. The fourth-order valence-electron chi connectivity index (χ4n) is 1.97. The zero-order chi connectivity index (χ0) is 14.4. The Morgan fingerprint density at radius 1 is 1.50 bits per heavy atom. The second kappa shape index (κ2) is 7.04. The smallest absolute Gasteiger partial charge is 0.278 e. The quantitative estimate of drug-likeness (QED) is 0.636. The molecule has 20 heavy (non-hydrogen) atoms. The number of nitrogens with one attached hydrogen (secondary N) is 1.